The van der Waals surface area contributed by atoms with Crippen LogP contribution in [-0.4, -0.2) is 11.7 Å². The first kappa shape index (κ1) is 11.5. The van der Waals surface area contributed by atoms with Crippen molar-refractivity contribution in [2.45, 2.75) is 39.5 Å². The van der Waals surface area contributed by atoms with Gasteiger partial charge < -0.3 is 5.11 Å². The molecule has 0 saturated heterocycles. The highest BCUT2D eigenvalue weighted by molar-refractivity contribution is 5.11. The Bertz CT molecular complexity index is 213. The number of aliphatic hydroxyl groups excluding tert-OH is 1. The van der Waals surface area contributed by atoms with Crippen molar-refractivity contribution in [3.05, 3.63) is 23.8 Å². The highest BCUT2D eigenvalue weighted by atomic mass is 16.3. The number of hydrogen-bond acceptors (Lipinski definition) is 1. The molecule has 0 aliphatic heterocycles. The molecule has 14 heavy (non-hydrogen) atoms. The fourth-order valence-corrected chi connectivity index (χ4v) is 1.79. The van der Waals surface area contributed by atoms with Crippen LogP contribution in [0.1, 0.15) is 39.5 Å². The average molecular weight is 194 g/mol. The van der Waals surface area contributed by atoms with E-state index in [1.165, 1.54) is 6.42 Å². The fraction of sp³-hybridized carbons (Fsp3) is 0.692. The summed E-state index contributed by atoms with van der Waals surface area (Å²) in [5.74, 6) is 1.18. The van der Waals surface area contributed by atoms with Crippen molar-refractivity contribution in [1.82, 2.24) is 0 Å². The molecule has 0 radical (unpaired) electrons. The van der Waals surface area contributed by atoms with E-state index in [-0.39, 0.29) is 0 Å². The van der Waals surface area contributed by atoms with Crippen LogP contribution in [-0.2, 0) is 0 Å². The van der Waals surface area contributed by atoms with Crippen LogP contribution in [0.2, 0.25) is 0 Å². The van der Waals surface area contributed by atoms with Gasteiger partial charge in [0.2, 0.25) is 0 Å². The number of aliphatic hydroxyl groups is 1. The second-order valence-corrected chi connectivity index (χ2v) is 4.56. The summed E-state index contributed by atoms with van der Waals surface area (Å²) in [6, 6.07) is 0. The summed E-state index contributed by atoms with van der Waals surface area (Å²) in [5, 5.41) is 8.98. The van der Waals surface area contributed by atoms with Gasteiger partial charge >= 0.3 is 0 Å². The van der Waals surface area contributed by atoms with Crippen molar-refractivity contribution < 1.29 is 5.11 Å². The van der Waals surface area contributed by atoms with Gasteiger partial charge in [-0.15, -0.1) is 0 Å². The summed E-state index contributed by atoms with van der Waals surface area (Å²) in [6.45, 7) is 4.76. The number of hydrogen-bond donors (Lipinski definition) is 1. The predicted molar refractivity (Wildman–Crippen MR) is 61.1 cm³/mol. The summed E-state index contributed by atoms with van der Waals surface area (Å²) >= 11 is 0. The third-order valence-electron chi connectivity index (χ3n) is 2.77. The summed E-state index contributed by atoms with van der Waals surface area (Å²) in [4.78, 5) is 0. The second-order valence-electron chi connectivity index (χ2n) is 4.56. The highest BCUT2D eigenvalue weighted by Crippen LogP contribution is 2.25. The largest absolute Gasteiger partial charge is 0.396 e. The third kappa shape index (κ3) is 4.10. The van der Waals surface area contributed by atoms with Crippen molar-refractivity contribution >= 4 is 0 Å². The maximum atomic E-state index is 8.98. The van der Waals surface area contributed by atoms with Gasteiger partial charge in [0.25, 0.3) is 0 Å². The zero-order valence-corrected chi connectivity index (χ0v) is 9.37. The zero-order valence-electron chi connectivity index (χ0n) is 9.37. The lowest BCUT2D eigenvalue weighted by molar-refractivity contribution is 0.216. The Hall–Kier alpha value is -0.560. The van der Waals surface area contributed by atoms with E-state index in [4.69, 9.17) is 5.11 Å². The van der Waals surface area contributed by atoms with Crippen LogP contribution in [0.3, 0.4) is 0 Å². The molecule has 0 saturated carbocycles. The van der Waals surface area contributed by atoms with Crippen LogP contribution < -0.4 is 0 Å². The molecule has 1 nitrogen and oxygen atoms in total. The lowest BCUT2D eigenvalue weighted by atomic mass is 9.89. The molecule has 1 unspecified atom stereocenters. The monoisotopic (exact) mass is 194 g/mol. The molecular formula is C13H22O. The van der Waals surface area contributed by atoms with E-state index in [1.807, 2.05) is 0 Å². The van der Waals surface area contributed by atoms with Crippen LogP contribution in [0.5, 0.6) is 0 Å². The zero-order chi connectivity index (χ0) is 10.4. The van der Waals surface area contributed by atoms with E-state index in [0.717, 1.165) is 19.3 Å². The van der Waals surface area contributed by atoms with Crippen molar-refractivity contribution in [2.24, 2.45) is 11.8 Å². The molecule has 0 heterocycles. The molecule has 1 aliphatic carbocycles. The minimum absolute atomic E-state index is 0.353. The fourth-order valence-electron chi connectivity index (χ4n) is 1.79. The molecule has 1 N–H and O–H groups in total. The molecule has 0 amide bonds. The minimum atomic E-state index is 0.353. The Labute approximate surface area is 87.5 Å². The molecule has 1 rings (SSSR count). The summed E-state index contributed by atoms with van der Waals surface area (Å²) in [6.07, 6.45) is 11.4. The Morgan fingerprint density at radius 2 is 2.36 bits per heavy atom. The molecule has 0 aromatic heterocycles. The van der Waals surface area contributed by atoms with Crippen LogP contribution in [0.4, 0.5) is 0 Å². The van der Waals surface area contributed by atoms with Gasteiger partial charge in [0.05, 0.1) is 0 Å². The van der Waals surface area contributed by atoms with E-state index in [2.05, 4.69) is 32.1 Å². The number of allylic oxidation sites excluding steroid dienone is 4. The van der Waals surface area contributed by atoms with Crippen LogP contribution in [0.15, 0.2) is 23.8 Å². The molecule has 0 bridgehead atoms. The topological polar surface area (TPSA) is 20.2 Å². The molecule has 0 spiro atoms. The maximum absolute atomic E-state index is 8.98. The number of rotatable bonds is 4. The first-order valence-electron chi connectivity index (χ1n) is 5.67. The summed E-state index contributed by atoms with van der Waals surface area (Å²) < 4.78 is 0. The molecule has 1 aliphatic rings. The van der Waals surface area contributed by atoms with Crippen molar-refractivity contribution in [1.29, 1.82) is 0 Å². The van der Waals surface area contributed by atoms with Crippen molar-refractivity contribution in [2.75, 3.05) is 6.61 Å². The third-order valence-corrected chi connectivity index (χ3v) is 2.77. The maximum Gasteiger partial charge on any atom is 0.0462 e. The van der Waals surface area contributed by atoms with E-state index < -0.39 is 0 Å². The molecular weight excluding hydrogens is 172 g/mol. The second kappa shape index (κ2) is 6.02. The first-order chi connectivity index (χ1) is 6.72. The van der Waals surface area contributed by atoms with Gasteiger partial charge in [-0.05, 0) is 37.5 Å². The van der Waals surface area contributed by atoms with E-state index in [1.54, 1.807) is 5.57 Å². The smallest absolute Gasteiger partial charge is 0.0462 e. The normalized spacial score (nSPS) is 23.1. The van der Waals surface area contributed by atoms with Crippen LogP contribution in [0, 0.1) is 11.8 Å². The molecule has 0 aromatic carbocycles. The lowest BCUT2D eigenvalue weighted by Crippen LogP contribution is -2.09. The predicted octanol–water partition coefficient (Wildman–Crippen LogP) is 3.31. The molecule has 0 fully saturated rings. The average Bonchev–Trinajstić information content (AvgIpc) is 2.18. The standard InChI is InChI=1S/C13H22O/c1-11(2)4-3-5-12-6-8-13(10-14)9-7-12/h3-4,6,11,13-14H,5,7-10H2,1-2H3/b4-3+. The Morgan fingerprint density at radius 1 is 1.57 bits per heavy atom. The van der Waals surface area contributed by atoms with Gasteiger partial charge in [0, 0.05) is 6.61 Å². The van der Waals surface area contributed by atoms with Crippen LogP contribution in [0.25, 0.3) is 0 Å². The van der Waals surface area contributed by atoms with Gasteiger partial charge in [-0.2, -0.15) is 0 Å². The van der Waals surface area contributed by atoms with Gasteiger partial charge in [0.1, 0.15) is 0 Å². The van der Waals surface area contributed by atoms with Crippen molar-refractivity contribution in [3.8, 4) is 0 Å². The van der Waals surface area contributed by atoms with E-state index in [0.29, 0.717) is 18.4 Å². The van der Waals surface area contributed by atoms with Gasteiger partial charge in [-0.25, -0.2) is 0 Å². The van der Waals surface area contributed by atoms with Gasteiger partial charge in [-0.3, -0.25) is 0 Å². The lowest BCUT2D eigenvalue weighted by Gasteiger charge is -2.19. The summed E-state index contributed by atoms with van der Waals surface area (Å²) in [5.41, 5.74) is 1.55. The van der Waals surface area contributed by atoms with Crippen molar-refractivity contribution in [3.63, 3.8) is 0 Å². The first-order valence-corrected chi connectivity index (χ1v) is 5.67. The van der Waals surface area contributed by atoms with Gasteiger partial charge in [0.15, 0.2) is 0 Å². The minimum Gasteiger partial charge on any atom is -0.396 e. The molecule has 1 heteroatoms. The van der Waals surface area contributed by atoms with E-state index in [9.17, 15) is 0 Å². The Morgan fingerprint density at radius 3 is 2.86 bits per heavy atom. The quantitative estimate of drug-likeness (QED) is 0.681. The van der Waals surface area contributed by atoms with Crippen LogP contribution >= 0.6 is 0 Å². The molecule has 80 valence electrons. The Kier molecular flexibility index (Phi) is 4.95. The Balaban J connectivity index is 2.30. The molecule has 1 atom stereocenters. The molecule has 0 aromatic rings. The van der Waals surface area contributed by atoms with Gasteiger partial charge in [-0.1, -0.05) is 37.6 Å². The van der Waals surface area contributed by atoms with E-state index >= 15 is 0 Å². The summed E-state index contributed by atoms with van der Waals surface area (Å²) in [7, 11) is 0. The highest BCUT2D eigenvalue weighted by Gasteiger charge is 2.12. The SMILES string of the molecule is CC(C)/C=C/CC1=CCC(CO)CC1.